The summed E-state index contributed by atoms with van der Waals surface area (Å²) in [5.41, 5.74) is 2.59. The number of benzene rings is 2. The van der Waals surface area contributed by atoms with Gasteiger partial charge in [0.1, 0.15) is 5.75 Å². The molecule has 5 nitrogen and oxygen atoms in total. The van der Waals surface area contributed by atoms with Crippen molar-refractivity contribution >= 4 is 6.03 Å². The van der Waals surface area contributed by atoms with Gasteiger partial charge in [0.05, 0.1) is 13.2 Å². The summed E-state index contributed by atoms with van der Waals surface area (Å²) in [6.07, 6.45) is 6.87. The standard InChI is InChI=1S/C27H35N3O2/c1-32-23-11-7-8-20(18-23)19-29-16-14-22(15-17-29)30-26(21-9-3-2-4-10-21)24-12-5-6-13-25(24)28-27(30)31/h2-4,7-11,18,22,24-26H,5-6,12-17,19H2,1H3,(H,28,31)/t24-,25?,26+/m0/s1. The molecule has 0 aromatic heterocycles. The van der Waals surface area contributed by atoms with E-state index >= 15 is 0 Å². The summed E-state index contributed by atoms with van der Waals surface area (Å²) in [5.74, 6) is 1.42. The second kappa shape index (κ2) is 9.53. The van der Waals surface area contributed by atoms with Crippen LogP contribution in [0.25, 0.3) is 0 Å². The molecule has 2 aliphatic heterocycles. The summed E-state index contributed by atoms with van der Waals surface area (Å²) >= 11 is 0. The first-order valence-corrected chi connectivity index (χ1v) is 12.2. The van der Waals surface area contributed by atoms with E-state index in [1.807, 2.05) is 6.07 Å². The number of methoxy groups -OCH3 is 1. The molecule has 5 rings (SSSR count). The Morgan fingerprint density at radius 3 is 2.53 bits per heavy atom. The first-order chi connectivity index (χ1) is 15.7. The fraction of sp³-hybridized carbons (Fsp3) is 0.519. The maximum Gasteiger partial charge on any atom is 0.318 e. The quantitative estimate of drug-likeness (QED) is 0.723. The summed E-state index contributed by atoms with van der Waals surface area (Å²) < 4.78 is 5.38. The lowest BCUT2D eigenvalue weighted by Crippen LogP contribution is -2.62. The highest BCUT2D eigenvalue weighted by atomic mass is 16.5. The number of fused-ring (bicyclic) bond motifs is 1. The molecule has 32 heavy (non-hydrogen) atoms. The highest BCUT2D eigenvalue weighted by Crippen LogP contribution is 2.43. The molecule has 1 saturated carbocycles. The lowest BCUT2D eigenvalue weighted by Gasteiger charge is -2.52. The fourth-order valence-corrected chi connectivity index (χ4v) is 6.12. The van der Waals surface area contributed by atoms with Gasteiger partial charge in [-0.3, -0.25) is 4.90 Å². The summed E-state index contributed by atoms with van der Waals surface area (Å²) in [4.78, 5) is 18.1. The van der Waals surface area contributed by atoms with Crippen molar-refractivity contribution in [3.05, 3.63) is 65.7 Å². The Labute approximate surface area is 191 Å². The zero-order chi connectivity index (χ0) is 21.9. The first kappa shape index (κ1) is 21.3. The largest absolute Gasteiger partial charge is 0.497 e. The van der Waals surface area contributed by atoms with Crippen molar-refractivity contribution in [1.82, 2.24) is 15.1 Å². The van der Waals surface area contributed by atoms with Crippen LogP contribution < -0.4 is 10.1 Å². The number of hydrogen-bond donors (Lipinski definition) is 1. The molecular weight excluding hydrogens is 398 g/mol. The van der Waals surface area contributed by atoms with Crippen molar-refractivity contribution in [1.29, 1.82) is 0 Å². The van der Waals surface area contributed by atoms with Crippen LogP contribution in [0.4, 0.5) is 4.79 Å². The van der Waals surface area contributed by atoms with Gasteiger partial charge < -0.3 is 15.0 Å². The van der Waals surface area contributed by atoms with Gasteiger partial charge in [-0.05, 0) is 48.9 Å². The average molecular weight is 434 g/mol. The SMILES string of the molecule is COc1cccc(CN2CCC(N3C(=O)NC4CCCC[C@@H]4[C@H]3c3ccccc3)CC2)c1. The van der Waals surface area contributed by atoms with Gasteiger partial charge in [-0.2, -0.15) is 0 Å². The van der Waals surface area contributed by atoms with Crippen LogP contribution in [-0.2, 0) is 6.54 Å². The van der Waals surface area contributed by atoms with Crippen molar-refractivity contribution in [2.24, 2.45) is 5.92 Å². The number of piperidine rings is 1. The Bertz CT molecular complexity index is 910. The number of nitrogens with one attached hydrogen (secondary N) is 1. The van der Waals surface area contributed by atoms with Crippen LogP contribution in [0.15, 0.2) is 54.6 Å². The molecule has 2 aromatic rings. The Balaban J connectivity index is 1.31. The second-order valence-electron chi connectivity index (χ2n) is 9.63. The van der Waals surface area contributed by atoms with Gasteiger partial charge in [-0.25, -0.2) is 4.79 Å². The number of carbonyl (C=O) groups excluding carboxylic acids is 1. The zero-order valence-electron chi connectivity index (χ0n) is 19.1. The number of amides is 2. The van der Waals surface area contributed by atoms with Crippen LogP contribution in [0.5, 0.6) is 5.75 Å². The van der Waals surface area contributed by atoms with Crippen LogP contribution >= 0.6 is 0 Å². The Morgan fingerprint density at radius 1 is 0.969 bits per heavy atom. The average Bonchev–Trinajstić information content (AvgIpc) is 2.84. The van der Waals surface area contributed by atoms with E-state index in [4.69, 9.17) is 4.74 Å². The van der Waals surface area contributed by atoms with Crippen molar-refractivity contribution in [3.8, 4) is 5.75 Å². The molecular formula is C27H35N3O2. The number of hydrogen-bond acceptors (Lipinski definition) is 3. The molecule has 2 heterocycles. The molecule has 1 unspecified atom stereocenters. The molecule has 5 heteroatoms. The van der Waals surface area contributed by atoms with Crippen LogP contribution in [0.1, 0.15) is 55.7 Å². The maximum atomic E-state index is 13.4. The highest BCUT2D eigenvalue weighted by Gasteiger charge is 2.46. The lowest BCUT2D eigenvalue weighted by atomic mass is 9.74. The molecule has 3 fully saturated rings. The van der Waals surface area contributed by atoms with E-state index < -0.39 is 0 Å². The highest BCUT2D eigenvalue weighted by molar-refractivity contribution is 5.77. The lowest BCUT2D eigenvalue weighted by molar-refractivity contribution is 0.0268. The van der Waals surface area contributed by atoms with E-state index in [9.17, 15) is 4.79 Å². The van der Waals surface area contributed by atoms with Gasteiger partial charge in [-0.15, -0.1) is 0 Å². The fourth-order valence-electron chi connectivity index (χ4n) is 6.12. The number of likely N-dealkylation sites (tertiary alicyclic amines) is 1. The van der Waals surface area contributed by atoms with Gasteiger partial charge >= 0.3 is 6.03 Å². The van der Waals surface area contributed by atoms with E-state index in [-0.39, 0.29) is 12.1 Å². The minimum absolute atomic E-state index is 0.147. The maximum absolute atomic E-state index is 13.4. The third-order valence-electron chi connectivity index (χ3n) is 7.70. The Morgan fingerprint density at radius 2 is 1.75 bits per heavy atom. The van der Waals surface area contributed by atoms with Gasteiger partial charge in [0.25, 0.3) is 0 Å². The van der Waals surface area contributed by atoms with E-state index in [0.29, 0.717) is 18.0 Å². The van der Waals surface area contributed by atoms with E-state index in [1.54, 1.807) is 7.11 Å². The molecule has 170 valence electrons. The van der Waals surface area contributed by atoms with Crippen molar-refractivity contribution in [2.45, 2.75) is 63.2 Å². The Hall–Kier alpha value is -2.53. The summed E-state index contributed by atoms with van der Waals surface area (Å²) in [7, 11) is 1.72. The number of ether oxygens (including phenoxy) is 1. The minimum atomic E-state index is 0.147. The summed E-state index contributed by atoms with van der Waals surface area (Å²) in [6.45, 7) is 2.96. The van der Waals surface area contributed by atoms with Crippen molar-refractivity contribution in [3.63, 3.8) is 0 Å². The number of carbonyl (C=O) groups is 1. The van der Waals surface area contributed by atoms with Crippen molar-refractivity contribution < 1.29 is 9.53 Å². The predicted octanol–water partition coefficient (Wildman–Crippen LogP) is 4.98. The molecule has 1 aliphatic carbocycles. The number of nitrogens with zero attached hydrogens (tertiary/aromatic N) is 2. The van der Waals surface area contributed by atoms with E-state index in [0.717, 1.165) is 44.6 Å². The normalized spacial score (nSPS) is 27.0. The number of rotatable bonds is 5. The third-order valence-corrected chi connectivity index (χ3v) is 7.70. The van der Waals surface area contributed by atoms with Crippen LogP contribution in [0.3, 0.4) is 0 Å². The van der Waals surface area contributed by atoms with Gasteiger partial charge in [0, 0.05) is 37.6 Å². The molecule has 1 N–H and O–H groups in total. The summed E-state index contributed by atoms with van der Waals surface area (Å²) in [6, 6.07) is 20.1. The van der Waals surface area contributed by atoms with Gasteiger partial charge in [0.15, 0.2) is 0 Å². The molecule has 3 aliphatic rings. The molecule has 0 bridgehead atoms. The Kier molecular flexibility index (Phi) is 6.35. The molecule has 2 saturated heterocycles. The van der Waals surface area contributed by atoms with Crippen molar-refractivity contribution in [2.75, 3.05) is 20.2 Å². The first-order valence-electron chi connectivity index (χ1n) is 12.2. The molecule has 2 amide bonds. The smallest absolute Gasteiger partial charge is 0.318 e. The second-order valence-corrected chi connectivity index (χ2v) is 9.63. The predicted molar refractivity (Wildman–Crippen MR) is 127 cm³/mol. The van der Waals surface area contributed by atoms with Crippen LogP contribution in [0.2, 0.25) is 0 Å². The number of urea groups is 1. The molecule has 2 aromatic carbocycles. The zero-order valence-corrected chi connectivity index (χ0v) is 19.1. The van der Waals surface area contributed by atoms with Gasteiger partial charge in [0.2, 0.25) is 0 Å². The summed E-state index contributed by atoms with van der Waals surface area (Å²) in [5, 5.41) is 3.39. The van der Waals surface area contributed by atoms with E-state index in [2.05, 4.69) is 63.6 Å². The molecule has 3 atom stereocenters. The molecule has 0 radical (unpaired) electrons. The minimum Gasteiger partial charge on any atom is -0.497 e. The molecule has 0 spiro atoms. The third kappa shape index (κ3) is 4.36. The van der Waals surface area contributed by atoms with Crippen LogP contribution in [0, 0.1) is 5.92 Å². The topological polar surface area (TPSA) is 44.8 Å². The van der Waals surface area contributed by atoms with E-state index in [1.165, 1.54) is 30.4 Å². The monoisotopic (exact) mass is 433 g/mol. The van der Waals surface area contributed by atoms with Gasteiger partial charge in [-0.1, -0.05) is 55.3 Å². The van der Waals surface area contributed by atoms with Crippen LogP contribution in [-0.4, -0.2) is 48.1 Å².